The summed E-state index contributed by atoms with van der Waals surface area (Å²) in [6.45, 7) is 7.29. The highest BCUT2D eigenvalue weighted by Crippen LogP contribution is 2.24. The molecule has 0 aromatic heterocycles. The van der Waals surface area contributed by atoms with Crippen molar-refractivity contribution in [2.45, 2.75) is 26.7 Å². The van der Waals surface area contributed by atoms with E-state index in [1.807, 2.05) is 30.3 Å². The average Bonchev–Trinajstić information content (AvgIpc) is 3.00. The van der Waals surface area contributed by atoms with Gasteiger partial charge in [0.1, 0.15) is 0 Å². The van der Waals surface area contributed by atoms with Gasteiger partial charge in [-0.1, -0.05) is 32.0 Å². The summed E-state index contributed by atoms with van der Waals surface area (Å²) in [5, 5.41) is 0. The third-order valence-electron chi connectivity index (χ3n) is 5.37. The number of rotatable bonds is 5. The van der Waals surface area contributed by atoms with E-state index in [0.29, 0.717) is 56.5 Å². The summed E-state index contributed by atoms with van der Waals surface area (Å²) in [5.41, 5.74) is 0.677. The Morgan fingerprint density at radius 2 is 1.67 bits per heavy atom. The Kier molecular flexibility index (Phi) is 6.14. The normalized spacial score (nSPS) is 20.5. The van der Waals surface area contributed by atoms with Crippen molar-refractivity contribution in [3.05, 3.63) is 35.9 Å². The van der Waals surface area contributed by atoms with Crippen molar-refractivity contribution in [1.29, 1.82) is 0 Å². The highest BCUT2D eigenvalue weighted by molar-refractivity contribution is 5.94. The predicted octanol–water partition coefficient (Wildman–Crippen LogP) is 1.87. The van der Waals surface area contributed by atoms with Crippen LogP contribution in [-0.2, 0) is 9.59 Å². The summed E-state index contributed by atoms with van der Waals surface area (Å²) in [5.74, 6) is 1.01. The molecule has 2 aliphatic rings. The zero-order valence-electron chi connectivity index (χ0n) is 16.3. The van der Waals surface area contributed by atoms with Gasteiger partial charge in [0.05, 0.1) is 6.54 Å². The van der Waals surface area contributed by atoms with Crippen LogP contribution in [0.2, 0.25) is 0 Å². The number of likely N-dealkylation sites (tertiary alicyclic amines) is 1. The smallest absolute Gasteiger partial charge is 0.253 e. The standard InChI is InChI=1S/C21H29N3O3/c1-16(2)12-17-13-19(25)24(14-17)15-20(26)22-8-10-23(11-9-22)21(27)18-6-4-3-5-7-18/h3-7,16-17H,8-15H2,1-2H3. The third kappa shape index (κ3) is 4.87. The Balaban J connectivity index is 1.47. The SMILES string of the molecule is CC(C)CC1CC(=O)N(CC(=O)N2CCN(C(=O)c3ccccc3)CC2)C1. The van der Waals surface area contributed by atoms with Gasteiger partial charge < -0.3 is 14.7 Å². The Morgan fingerprint density at radius 3 is 2.30 bits per heavy atom. The molecule has 2 fully saturated rings. The molecule has 1 aromatic carbocycles. The zero-order valence-corrected chi connectivity index (χ0v) is 16.3. The summed E-state index contributed by atoms with van der Waals surface area (Å²) >= 11 is 0. The van der Waals surface area contributed by atoms with E-state index in [9.17, 15) is 14.4 Å². The van der Waals surface area contributed by atoms with Crippen molar-refractivity contribution >= 4 is 17.7 Å². The first-order valence-electron chi connectivity index (χ1n) is 9.84. The highest BCUT2D eigenvalue weighted by atomic mass is 16.2. The third-order valence-corrected chi connectivity index (χ3v) is 5.37. The molecule has 1 unspecified atom stereocenters. The van der Waals surface area contributed by atoms with E-state index in [1.165, 1.54) is 0 Å². The number of amides is 3. The first kappa shape index (κ1) is 19.4. The first-order chi connectivity index (χ1) is 12.9. The molecule has 1 atom stereocenters. The number of carbonyl (C=O) groups excluding carboxylic acids is 3. The van der Waals surface area contributed by atoms with Crippen molar-refractivity contribution in [3.63, 3.8) is 0 Å². The first-order valence-corrected chi connectivity index (χ1v) is 9.84. The zero-order chi connectivity index (χ0) is 19.4. The van der Waals surface area contributed by atoms with Gasteiger partial charge in [-0.05, 0) is 30.4 Å². The van der Waals surface area contributed by atoms with E-state index in [4.69, 9.17) is 0 Å². The summed E-state index contributed by atoms with van der Waals surface area (Å²) in [6, 6.07) is 9.22. The molecule has 6 nitrogen and oxygen atoms in total. The van der Waals surface area contributed by atoms with Gasteiger partial charge in [-0.3, -0.25) is 14.4 Å². The maximum atomic E-state index is 12.6. The molecule has 0 N–H and O–H groups in total. The molecular weight excluding hydrogens is 342 g/mol. The molecule has 0 aliphatic carbocycles. The van der Waals surface area contributed by atoms with Crippen molar-refractivity contribution in [1.82, 2.24) is 14.7 Å². The molecule has 1 aromatic rings. The fourth-order valence-electron chi connectivity index (χ4n) is 4.02. The lowest BCUT2D eigenvalue weighted by atomic mass is 9.96. The second-order valence-corrected chi connectivity index (χ2v) is 8.01. The van der Waals surface area contributed by atoms with Gasteiger partial charge in [0, 0.05) is 44.7 Å². The summed E-state index contributed by atoms with van der Waals surface area (Å²) in [7, 11) is 0. The molecule has 146 valence electrons. The number of hydrogen-bond donors (Lipinski definition) is 0. The van der Waals surface area contributed by atoms with Crippen LogP contribution in [0.3, 0.4) is 0 Å². The molecular formula is C21H29N3O3. The molecule has 3 amide bonds. The Morgan fingerprint density at radius 1 is 1.04 bits per heavy atom. The van der Waals surface area contributed by atoms with Crippen molar-refractivity contribution in [2.24, 2.45) is 11.8 Å². The number of nitrogens with zero attached hydrogens (tertiary/aromatic N) is 3. The Labute approximate surface area is 161 Å². The van der Waals surface area contributed by atoms with E-state index in [2.05, 4.69) is 13.8 Å². The largest absolute Gasteiger partial charge is 0.338 e. The van der Waals surface area contributed by atoms with Crippen LogP contribution in [0.1, 0.15) is 37.0 Å². The van der Waals surface area contributed by atoms with Gasteiger partial charge in [0.2, 0.25) is 11.8 Å². The van der Waals surface area contributed by atoms with E-state index < -0.39 is 0 Å². The topological polar surface area (TPSA) is 60.9 Å². The molecule has 3 rings (SSSR count). The fraction of sp³-hybridized carbons (Fsp3) is 0.571. The molecule has 6 heteroatoms. The van der Waals surface area contributed by atoms with Gasteiger partial charge in [0.25, 0.3) is 5.91 Å². The minimum atomic E-state index is -0.0136. The summed E-state index contributed by atoms with van der Waals surface area (Å²) in [6.07, 6.45) is 1.58. The number of benzene rings is 1. The van der Waals surface area contributed by atoms with Crippen LogP contribution in [0.4, 0.5) is 0 Å². The average molecular weight is 371 g/mol. The monoisotopic (exact) mass is 371 g/mol. The van der Waals surface area contributed by atoms with E-state index >= 15 is 0 Å². The fourth-order valence-corrected chi connectivity index (χ4v) is 4.02. The molecule has 0 radical (unpaired) electrons. The van der Waals surface area contributed by atoms with Gasteiger partial charge in [-0.25, -0.2) is 0 Å². The number of carbonyl (C=O) groups is 3. The van der Waals surface area contributed by atoms with Crippen LogP contribution >= 0.6 is 0 Å². The van der Waals surface area contributed by atoms with Gasteiger partial charge in [0.15, 0.2) is 0 Å². The molecule has 2 saturated heterocycles. The van der Waals surface area contributed by atoms with E-state index in [-0.39, 0.29) is 24.3 Å². The van der Waals surface area contributed by atoms with Crippen LogP contribution in [-0.4, -0.2) is 71.7 Å². The lowest BCUT2D eigenvalue weighted by molar-refractivity contribution is -0.139. The maximum Gasteiger partial charge on any atom is 0.253 e. The van der Waals surface area contributed by atoms with Crippen molar-refractivity contribution in [2.75, 3.05) is 39.3 Å². The van der Waals surface area contributed by atoms with Crippen LogP contribution in [0.15, 0.2) is 30.3 Å². The van der Waals surface area contributed by atoms with Crippen LogP contribution < -0.4 is 0 Å². The molecule has 27 heavy (non-hydrogen) atoms. The quantitative estimate of drug-likeness (QED) is 0.794. The maximum absolute atomic E-state index is 12.6. The number of piperazine rings is 1. The predicted molar refractivity (Wildman–Crippen MR) is 103 cm³/mol. The van der Waals surface area contributed by atoms with Gasteiger partial charge in [-0.15, -0.1) is 0 Å². The number of hydrogen-bond acceptors (Lipinski definition) is 3. The molecule has 0 spiro atoms. The van der Waals surface area contributed by atoms with Crippen LogP contribution in [0.25, 0.3) is 0 Å². The lowest BCUT2D eigenvalue weighted by Gasteiger charge is -2.35. The van der Waals surface area contributed by atoms with Crippen molar-refractivity contribution in [3.8, 4) is 0 Å². The van der Waals surface area contributed by atoms with E-state index in [1.54, 1.807) is 14.7 Å². The summed E-state index contributed by atoms with van der Waals surface area (Å²) < 4.78 is 0. The molecule has 2 heterocycles. The highest BCUT2D eigenvalue weighted by Gasteiger charge is 2.33. The van der Waals surface area contributed by atoms with Crippen molar-refractivity contribution < 1.29 is 14.4 Å². The second-order valence-electron chi connectivity index (χ2n) is 8.01. The Bertz CT molecular complexity index is 681. The van der Waals surface area contributed by atoms with Gasteiger partial charge >= 0.3 is 0 Å². The minimum absolute atomic E-state index is 0.00828. The molecule has 0 bridgehead atoms. The molecule has 2 aliphatic heterocycles. The molecule has 0 saturated carbocycles. The van der Waals surface area contributed by atoms with Gasteiger partial charge in [-0.2, -0.15) is 0 Å². The second kappa shape index (κ2) is 8.55. The minimum Gasteiger partial charge on any atom is -0.338 e. The summed E-state index contributed by atoms with van der Waals surface area (Å²) in [4.78, 5) is 42.6. The Hall–Kier alpha value is -2.37. The van der Waals surface area contributed by atoms with Crippen LogP contribution in [0, 0.1) is 11.8 Å². The van der Waals surface area contributed by atoms with E-state index in [0.717, 1.165) is 6.42 Å². The van der Waals surface area contributed by atoms with Crippen LogP contribution in [0.5, 0.6) is 0 Å². The lowest BCUT2D eigenvalue weighted by Crippen LogP contribution is -2.52.